The number of aromatic amines is 1. The Kier molecular flexibility index (Phi) is 13.0. The Labute approximate surface area is 339 Å². The molecular formula is C40H35Cl4N3O6S2. The molecule has 6 aromatic carbocycles. The average Bonchev–Trinajstić information content (AvgIpc) is 3.66. The first-order chi connectivity index (χ1) is 26.5. The smallest absolute Gasteiger partial charge is 0.224 e. The largest absolute Gasteiger partial charge is 0.486 e. The summed E-state index contributed by atoms with van der Waals surface area (Å²) in [5, 5.41) is 10.4. The first-order valence-electron chi connectivity index (χ1n) is 16.9. The number of para-hydroxylation sites is 2. The van der Waals surface area contributed by atoms with E-state index in [1.54, 1.807) is 72.8 Å². The maximum Gasteiger partial charge on any atom is 0.224 e. The van der Waals surface area contributed by atoms with Crippen LogP contribution in [0.25, 0.3) is 32.4 Å². The van der Waals surface area contributed by atoms with Gasteiger partial charge in [0.05, 0.1) is 44.8 Å². The number of nitrogens with zero attached hydrogens (tertiary/aromatic N) is 1. The van der Waals surface area contributed by atoms with Gasteiger partial charge in [-0.05, 0) is 46.7 Å². The first kappa shape index (κ1) is 40.4. The molecule has 1 aromatic heterocycles. The number of nitrogens with one attached hydrogen (secondary N) is 1. The molecule has 0 aliphatic carbocycles. The van der Waals surface area contributed by atoms with Crippen LogP contribution in [-0.4, -0.2) is 62.8 Å². The molecule has 0 amide bonds. The van der Waals surface area contributed by atoms with Gasteiger partial charge in [0.1, 0.15) is 29.2 Å². The number of sulfone groups is 2. The number of H-pyrrole nitrogens is 1. The quantitative estimate of drug-likeness (QED) is 0.0864. The molecule has 0 bridgehead atoms. The molecule has 7 rings (SSSR count). The standard InChI is InChI=1S/C20H16Cl2N2O3S.C20H19Cl2NO3S/c21-11-14(12-22)27-17-9-4-8-16-19(17)23-24-20(16)28(25,26)18-10-3-6-13-5-1-2-7-15(13)18;21-11-16(12-22)26-18-9-3-7-15(20(18)23)13-27(24,25)19-10-4-6-14-5-1-2-8-17(14)19/h1-10,14H,11-12H2,(H,23,24);1-10,16H,11-13,23H2. The van der Waals surface area contributed by atoms with Gasteiger partial charge in [-0.25, -0.2) is 16.8 Å². The Morgan fingerprint density at radius 3 is 1.67 bits per heavy atom. The molecule has 0 aliphatic heterocycles. The molecular weight excluding hydrogens is 824 g/mol. The molecule has 3 N–H and O–H groups in total. The maximum atomic E-state index is 13.4. The lowest BCUT2D eigenvalue weighted by Gasteiger charge is -2.17. The number of halogens is 4. The lowest BCUT2D eigenvalue weighted by Crippen LogP contribution is -2.21. The van der Waals surface area contributed by atoms with Crippen molar-refractivity contribution in [1.82, 2.24) is 10.2 Å². The van der Waals surface area contributed by atoms with E-state index in [-0.39, 0.29) is 49.8 Å². The van der Waals surface area contributed by atoms with Crippen LogP contribution in [-0.2, 0) is 25.4 Å². The topological polar surface area (TPSA) is 141 Å². The second-order valence-corrected chi connectivity index (χ2v) is 17.4. The van der Waals surface area contributed by atoms with Gasteiger partial charge in [-0.15, -0.1) is 46.4 Å². The Morgan fingerprint density at radius 1 is 0.582 bits per heavy atom. The monoisotopic (exact) mass is 857 g/mol. The molecule has 7 aromatic rings. The summed E-state index contributed by atoms with van der Waals surface area (Å²) in [7, 11) is -7.44. The van der Waals surface area contributed by atoms with Gasteiger partial charge >= 0.3 is 0 Å². The Bertz CT molecular complexity index is 2660. The zero-order chi connectivity index (χ0) is 39.2. The van der Waals surface area contributed by atoms with Crippen molar-refractivity contribution in [3.05, 3.63) is 127 Å². The molecule has 1 heterocycles. The van der Waals surface area contributed by atoms with Crippen molar-refractivity contribution < 1.29 is 26.3 Å². The Hall–Kier alpha value is -4.23. The van der Waals surface area contributed by atoms with Gasteiger partial charge in [0.25, 0.3) is 0 Å². The predicted molar refractivity (Wildman–Crippen MR) is 223 cm³/mol. The highest BCUT2D eigenvalue weighted by Crippen LogP contribution is 2.35. The van der Waals surface area contributed by atoms with E-state index < -0.39 is 31.9 Å². The van der Waals surface area contributed by atoms with Crippen molar-refractivity contribution in [3.63, 3.8) is 0 Å². The van der Waals surface area contributed by atoms with Gasteiger partial charge in [0.2, 0.25) is 9.84 Å². The Balaban J connectivity index is 0.000000187. The second kappa shape index (κ2) is 17.7. The van der Waals surface area contributed by atoms with E-state index in [1.807, 2.05) is 48.5 Å². The van der Waals surface area contributed by atoms with Crippen molar-refractivity contribution in [3.8, 4) is 11.5 Å². The number of aromatic nitrogens is 2. The van der Waals surface area contributed by atoms with Crippen molar-refractivity contribution in [2.24, 2.45) is 0 Å². The van der Waals surface area contributed by atoms with E-state index in [9.17, 15) is 16.8 Å². The lowest BCUT2D eigenvalue weighted by molar-refractivity contribution is 0.250. The van der Waals surface area contributed by atoms with Crippen LogP contribution in [0.2, 0.25) is 0 Å². The van der Waals surface area contributed by atoms with Gasteiger partial charge in [-0.2, -0.15) is 5.10 Å². The molecule has 0 atom stereocenters. The number of rotatable bonds is 13. The van der Waals surface area contributed by atoms with Crippen LogP contribution in [0.4, 0.5) is 5.69 Å². The van der Waals surface area contributed by atoms with Crippen molar-refractivity contribution in [2.75, 3.05) is 29.3 Å². The summed E-state index contributed by atoms with van der Waals surface area (Å²) in [4.78, 5) is 0.507. The number of hydrogen-bond donors (Lipinski definition) is 2. The number of hydrogen-bond acceptors (Lipinski definition) is 8. The minimum atomic E-state index is -3.83. The van der Waals surface area contributed by atoms with Gasteiger partial charge in [-0.3, -0.25) is 5.10 Å². The molecule has 55 heavy (non-hydrogen) atoms. The third-order valence-corrected chi connectivity index (χ3v) is 13.6. The summed E-state index contributed by atoms with van der Waals surface area (Å²) in [6.45, 7) is 0. The van der Waals surface area contributed by atoms with Crippen molar-refractivity contribution >= 4 is 104 Å². The van der Waals surface area contributed by atoms with E-state index in [0.717, 1.165) is 10.8 Å². The van der Waals surface area contributed by atoms with E-state index >= 15 is 0 Å². The number of nitrogen functional groups attached to an aromatic ring is 1. The van der Waals surface area contributed by atoms with Gasteiger partial charge in [-0.1, -0.05) is 91.0 Å². The molecule has 0 saturated heterocycles. The second-order valence-electron chi connectivity index (χ2n) is 12.3. The summed E-state index contributed by atoms with van der Waals surface area (Å²) in [5.41, 5.74) is 7.34. The van der Waals surface area contributed by atoms with Gasteiger partial charge in [0, 0.05) is 16.2 Å². The van der Waals surface area contributed by atoms with Crippen LogP contribution < -0.4 is 15.2 Å². The fourth-order valence-corrected chi connectivity index (χ4v) is 10.1. The number of nitrogens with two attached hydrogens (primary N) is 1. The van der Waals surface area contributed by atoms with Gasteiger partial charge in [0.15, 0.2) is 14.9 Å². The van der Waals surface area contributed by atoms with Crippen LogP contribution >= 0.6 is 46.4 Å². The molecule has 9 nitrogen and oxygen atoms in total. The number of ether oxygens (including phenoxy) is 2. The molecule has 0 spiro atoms. The molecule has 15 heteroatoms. The van der Waals surface area contributed by atoms with E-state index in [1.165, 1.54) is 0 Å². The minimum Gasteiger partial charge on any atom is -0.486 e. The number of anilines is 1. The average molecular weight is 860 g/mol. The number of alkyl halides is 4. The summed E-state index contributed by atoms with van der Waals surface area (Å²) in [6.07, 6.45) is -0.802. The normalized spacial score (nSPS) is 12.0. The molecule has 286 valence electrons. The van der Waals surface area contributed by atoms with Crippen LogP contribution in [0.5, 0.6) is 11.5 Å². The lowest BCUT2D eigenvalue weighted by atomic mass is 10.1. The fourth-order valence-electron chi connectivity index (χ4n) is 5.96. The summed E-state index contributed by atoms with van der Waals surface area (Å²) >= 11 is 23.3. The minimum absolute atomic E-state index is 0.0256. The van der Waals surface area contributed by atoms with Crippen LogP contribution in [0.1, 0.15) is 5.56 Å². The highest BCUT2D eigenvalue weighted by molar-refractivity contribution is 7.92. The SMILES string of the molecule is Nc1c(CS(=O)(=O)c2cccc3ccccc23)cccc1OC(CCl)CCl.O=S(=O)(c1cccc2ccccc12)c1[nH]nc2c(OC(CCl)CCl)cccc12. The number of benzene rings is 6. The van der Waals surface area contributed by atoms with Crippen LogP contribution in [0.3, 0.4) is 0 Å². The molecule has 0 unspecified atom stereocenters. The fraction of sp³-hybridized carbons (Fsp3) is 0.175. The van der Waals surface area contributed by atoms with E-state index in [0.29, 0.717) is 38.7 Å². The maximum absolute atomic E-state index is 13.4. The zero-order valence-electron chi connectivity index (χ0n) is 29.0. The van der Waals surface area contributed by atoms with Gasteiger partial charge < -0.3 is 15.2 Å². The summed E-state index contributed by atoms with van der Waals surface area (Å²) in [6, 6.07) is 35.4. The Morgan fingerprint density at radius 2 is 1.05 bits per heavy atom. The predicted octanol–water partition coefficient (Wildman–Crippen LogP) is 9.39. The summed E-state index contributed by atoms with van der Waals surface area (Å²) in [5.74, 6) is 1.43. The third kappa shape index (κ3) is 8.77. The highest BCUT2D eigenvalue weighted by atomic mass is 35.5. The van der Waals surface area contributed by atoms with Crippen molar-refractivity contribution in [1.29, 1.82) is 0 Å². The van der Waals surface area contributed by atoms with Crippen LogP contribution in [0, 0.1) is 0 Å². The first-order valence-corrected chi connectivity index (χ1v) is 22.1. The summed E-state index contributed by atoms with van der Waals surface area (Å²) < 4.78 is 64.5. The number of fused-ring (bicyclic) bond motifs is 3. The zero-order valence-corrected chi connectivity index (χ0v) is 33.7. The molecule has 0 radical (unpaired) electrons. The van der Waals surface area contributed by atoms with Crippen molar-refractivity contribution in [2.45, 2.75) is 32.8 Å². The van der Waals surface area contributed by atoms with Crippen LogP contribution in [0.15, 0.2) is 136 Å². The van der Waals surface area contributed by atoms with E-state index in [4.69, 9.17) is 61.6 Å². The molecule has 0 saturated carbocycles. The third-order valence-electron chi connectivity index (χ3n) is 8.68. The highest BCUT2D eigenvalue weighted by Gasteiger charge is 2.27. The molecule has 0 fully saturated rings. The molecule has 0 aliphatic rings. The van der Waals surface area contributed by atoms with E-state index in [2.05, 4.69) is 10.2 Å².